The van der Waals surface area contributed by atoms with Crippen molar-refractivity contribution in [1.82, 2.24) is 5.32 Å². The lowest BCUT2D eigenvalue weighted by Crippen LogP contribution is -2.47. The number of carbonyl (C=O) groups is 3. The highest BCUT2D eigenvalue weighted by molar-refractivity contribution is 5.84. The van der Waals surface area contributed by atoms with Crippen molar-refractivity contribution in [1.29, 1.82) is 0 Å². The van der Waals surface area contributed by atoms with E-state index in [1.54, 1.807) is 0 Å². The summed E-state index contributed by atoms with van der Waals surface area (Å²) in [6.45, 7) is 5.16. The SMILES string of the molecule is CCC=CCC=CCC=CCC=CCC=CCC=CCCC(=O)N[C@@H](C)C(=O)O[C@H](C)[C@H](N)C(=O)OC. The van der Waals surface area contributed by atoms with Gasteiger partial charge in [-0.15, -0.1) is 0 Å². The Morgan fingerprint density at radius 3 is 1.59 bits per heavy atom. The molecule has 0 aliphatic carbocycles. The third-order valence-electron chi connectivity index (χ3n) is 5.15. The van der Waals surface area contributed by atoms with Crippen LogP contribution in [0.2, 0.25) is 0 Å². The zero-order valence-corrected chi connectivity index (χ0v) is 22.9. The average molecular weight is 515 g/mol. The van der Waals surface area contributed by atoms with Crippen LogP contribution in [0.5, 0.6) is 0 Å². The van der Waals surface area contributed by atoms with Crippen molar-refractivity contribution < 1.29 is 23.9 Å². The summed E-state index contributed by atoms with van der Waals surface area (Å²) in [5.41, 5.74) is 5.64. The van der Waals surface area contributed by atoms with Crippen LogP contribution in [0.4, 0.5) is 0 Å². The number of nitrogens with one attached hydrogen (secondary N) is 1. The second-order valence-electron chi connectivity index (χ2n) is 8.43. The summed E-state index contributed by atoms with van der Waals surface area (Å²) in [4.78, 5) is 35.5. The molecule has 1 amide bonds. The molecule has 0 radical (unpaired) electrons. The minimum atomic E-state index is -1.08. The molecule has 3 atom stereocenters. The van der Waals surface area contributed by atoms with Crippen LogP contribution in [-0.2, 0) is 23.9 Å². The van der Waals surface area contributed by atoms with Crippen LogP contribution < -0.4 is 11.1 Å². The molecule has 0 aromatic carbocycles. The van der Waals surface area contributed by atoms with Crippen LogP contribution in [0.3, 0.4) is 0 Å². The molecule has 0 aliphatic rings. The van der Waals surface area contributed by atoms with Gasteiger partial charge in [-0.25, -0.2) is 4.79 Å². The summed E-state index contributed by atoms with van der Waals surface area (Å²) in [6.07, 6.45) is 31.2. The van der Waals surface area contributed by atoms with Crippen LogP contribution in [0.1, 0.15) is 72.1 Å². The lowest BCUT2D eigenvalue weighted by atomic mass is 10.2. The van der Waals surface area contributed by atoms with Gasteiger partial charge in [0.05, 0.1) is 7.11 Å². The van der Waals surface area contributed by atoms with E-state index in [0.717, 1.165) is 38.5 Å². The van der Waals surface area contributed by atoms with E-state index in [1.807, 2.05) is 12.2 Å². The Balaban J connectivity index is 3.93. The first-order valence-electron chi connectivity index (χ1n) is 13.1. The highest BCUT2D eigenvalue weighted by Crippen LogP contribution is 2.03. The molecular weight excluding hydrogens is 468 g/mol. The Bertz CT molecular complexity index is 824. The number of ether oxygens (including phenoxy) is 2. The monoisotopic (exact) mass is 514 g/mol. The standard InChI is InChI=1S/C30H46N2O5/c1-5-6-7-8-9-10-11-12-13-14-15-16-17-18-19-20-21-22-23-24-27(33)32-25(2)29(34)37-26(3)28(31)30(35)36-4/h6-7,9-10,12-13,15-16,18-19,21-22,25-26,28H,5,8,11,14,17,20,23-24,31H2,1-4H3,(H,32,33)/t25-,26+,28-/m0/s1. The van der Waals surface area contributed by atoms with Gasteiger partial charge < -0.3 is 20.5 Å². The van der Waals surface area contributed by atoms with Crippen molar-refractivity contribution in [3.63, 3.8) is 0 Å². The van der Waals surface area contributed by atoms with Gasteiger partial charge in [-0.1, -0.05) is 79.8 Å². The van der Waals surface area contributed by atoms with Gasteiger partial charge in [-0.2, -0.15) is 0 Å². The van der Waals surface area contributed by atoms with Gasteiger partial charge in [0, 0.05) is 6.42 Å². The molecule has 0 saturated heterocycles. The molecule has 206 valence electrons. The van der Waals surface area contributed by atoms with Crippen LogP contribution in [-0.4, -0.2) is 43.1 Å². The summed E-state index contributed by atoms with van der Waals surface area (Å²) < 4.78 is 9.65. The van der Waals surface area contributed by atoms with Crippen LogP contribution in [0, 0.1) is 0 Å². The molecule has 37 heavy (non-hydrogen) atoms. The highest BCUT2D eigenvalue weighted by Gasteiger charge is 2.27. The molecule has 7 nitrogen and oxygen atoms in total. The minimum Gasteiger partial charge on any atom is -0.468 e. The van der Waals surface area contributed by atoms with E-state index < -0.39 is 30.1 Å². The Morgan fingerprint density at radius 1 is 0.730 bits per heavy atom. The maximum Gasteiger partial charge on any atom is 0.328 e. The highest BCUT2D eigenvalue weighted by atomic mass is 16.6. The van der Waals surface area contributed by atoms with Crippen molar-refractivity contribution in [2.75, 3.05) is 7.11 Å². The lowest BCUT2D eigenvalue weighted by Gasteiger charge is -2.21. The predicted octanol–water partition coefficient (Wildman–Crippen LogP) is 5.40. The largest absolute Gasteiger partial charge is 0.468 e. The first-order chi connectivity index (χ1) is 17.8. The summed E-state index contributed by atoms with van der Waals surface area (Å²) in [5, 5.41) is 2.59. The Labute approximate surface area is 223 Å². The first-order valence-corrected chi connectivity index (χ1v) is 13.1. The maximum absolute atomic E-state index is 12.1. The molecule has 0 rings (SSSR count). The topological polar surface area (TPSA) is 108 Å². The summed E-state index contributed by atoms with van der Waals surface area (Å²) >= 11 is 0. The van der Waals surface area contributed by atoms with Crippen molar-refractivity contribution in [2.45, 2.75) is 90.3 Å². The fourth-order valence-corrected chi connectivity index (χ4v) is 2.91. The normalized spacial score (nSPS) is 14.8. The smallest absolute Gasteiger partial charge is 0.328 e. The van der Waals surface area contributed by atoms with Gasteiger partial charge in [-0.05, 0) is 58.8 Å². The molecule has 0 bridgehead atoms. The Hall–Kier alpha value is -3.19. The number of nitrogens with two attached hydrogens (primary N) is 1. The molecule has 0 fully saturated rings. The number of methoxy groups -OCH3 is 1. The molecule has 0 saturated carbocycles. The van der Waals surface area contributed by atoms with Gasteiger partial charge in [0.25, 0.3) is 0 Å². The fraction of sp³-hybridized carbons (Fsp3) is 0.500. The Morgan fingerprint density at radius 2 is 1.16 bits per heavy atom. The molecule has 0 spiro atoms. The lowest BCUT2D eigenvalue weighted by molar-refractivity contribution is -0.157. The van der Waals surface area contributed by atoms with E-state index in [2.05, 4.69) is 77.7 Å². The van der Waals surface area contributed by atoms with Crippen molar-refractivity contribution in [2.24, 2.45) is 5.73 Å². The maximum atomic E-state index is 12.1. The van der Waals surface area contributed by atoms with E-state index in [0.29, 0.717) is 6.42 Å². The summed E-state index contributed by atoms with van der Waals surface area (Å²) in [7, 11) is 1.21. The third kappa shape index (κ3) is 19.7. The molecule has 0 aromatic heterocycles. The molecule has 0 aliphatic heterocycles. The first kappa shape index (κ1) is 33.8. The molecular formula is C30H46N2O5. The number of rotatable bonds is 19. The van der Waals surface area contributed by atoms with Gasteiger partial charge in [-0.3, -0.25) is 9.59 Å². The zero-order valence-electron chi connectivity index (χ0n) is 22.9. The van der Waals surface area contributed by atoms with Crippen molar-refractivity contribution in [3.8, 4) is 0 Å². The molecule has 0 unspecified atom stereocenters. The van der Waals surface area contributed by atoms with Gasteiger partial charge in [0.1, 0.15) is 18.2 Å². The second kappa shape index (κ2) is 23.2. The van der Waals surface area contributed by atoms with E-state index in [4.69, 9.17) is 10.5 Å². The summed E-state index contributed by atoms with van der Waals surface area (Å²) in [6, 6.07) is -1.92. The van der Waals surface area contributed by atoms with Crippen molar-refractivity contribution in [3.05, 3.63) is 72.9 Å². The van der Waals surface area contributed by atoms with Gasteiger partial charge in [0.2, 0.25) is 5.91 Å². The number of hydrogen-bond acceptors (Lipinski definition) is 6. The molecule has 0 aromatic rings. The Kier molecular flexibility index (Phi) is 21.2. The van der Waals surface area contributed by atoms with Crippen molar-refractivity contribution >= 4 is 17.8 Å². The van der Waals surface area contributed by atoms with E-state index >= 15 is 0 Å². The van der Waals surface area contributed by atoms with Gasteiger partial charge >= 0.3 is 11.9 Å². The van der Waals surface area contributed by atoms with E-state index in [9.17, 15) is 14.4 Å². The number of carbonyl (C=O) groups excluding carboxylic acids is 3. The molecule has 7 heteroatoms. The van der Waals surface area contributed by atoms with E-state index in [1.165, 1.54) is 21.0 Å². The fourth-order valence-electron chi connectivity index (χ4n) is 2.91. The van der Waals surface area contributed by atoms with Crippen LogP contribution >= 0.6 is 0 Å². The molecule has 0 heterocycles. The van der Waals surface area contributed by atoms with Gasteiger partial charge in [0.15, 0.2) is 0 Å². The number of hydrogen-bond donors (Lipinski definition) is 2. The summed E-state index contributed by atoms with van der Waals surface area (Å²) in [5.74, 6) is -1.59. The zero-order chi connectivity index (χ0) is 27.7. The van der Waals surface area contributed by atoms with Crippen LogP contribution in [0.15, 0.2) is 72.9 Å². The minimum absolute atomic E-state index is 0.256. The second-order valence-corrected chi connectivity index (χ2v) is 8.43. The number of amides is 1. The molecule has 3 N–H and O–H groups in total. The quantitative estimate of drug-likeness (QED) is 0.176. The number of allylic oxidation sites excluding steroid dienone is 12. The average Bonchev–Trinajstić information content (AvgIpc) is 2.88. The third-order valence-corrected chi connectivity index (χ3v) is 5.15. The van der Waals surface area contributed by atoms with E-state index in [-0.39, 0.29) is 12.3 Å². The number of esters is 2. The van der Waals surface area contributed by atoms with Crippen LogP contribution in [0.25, 0.3) is 0 Å². The predicted molar refractivity (Wildman–Crippen MR) is 151 cm³/mol.